The van der Waals surface area contributed by atoms with Gasteiger partial charge >= 0.3 is 5.97 Å². The zero-order valence-electron chi connectivity index (χ0n) is 18.8. The summed E-state index contributed by atoms with van der Waals surface area (Å²) in [6.07, 6.45) is 6.37. The van der Waals surface area contributed by atoms with Gasteiger partial charge in [-0.15, -0.1) is 0 Å². The van der Waals surface area contributed by atoms with Crippen molar-refractivity contribution in [3.63, 3.8) is 0 Å². The summed E-state index contributed by atoms with van der Waals surface area (Å²) in [4.78, 5) is 12.5. The maximum absolute atomic E-state index is 12.5. The van der Waals surface area contributed by atoms with Crippen LogP contribution in [-0.2, 0) is 23.1 Å². The predicted octanol–water partition coefficient (Wildman–Crippen LogP) is 7.00. The number of carboxylic acids is 1. The highest BCUT2D eigenvalue weighted by Crippen LogP contribution is 2.55. The second kappa shape index (κ2) is 8.98. The molecule has 2 aliphatic carbocycles. The van der Waals surface area contributed by atoms with E-state index in [2.05, 4.69) is 75.8 Å². The smallest absolute Gasteiger partial charge is 0.329 e. The molecule has 2 N–H and O–H groups in total. The lowest BCUT2D eigenvalue weighted by Crippen LogP contribution is -2.53. The monoisotopic (exact) mass is 503 g/mol. The lowest BCUT2D eigenvalue weighted by molar-refractivity contribution is -0.144. The summed E-state index contributed by atoms with van der Waals surface area (Å²) in [5.74, 6) is -0.197. The van der Waals surface area contributed by atoms with Crippen molar-refractivity contribution in [1.82, 2.24) is 0 Å². The molecule has 1 atom stereocenters. The minimum absolute atomic E-state index is 0.0727. The number of hydrogen-bond acceptors (Lipinski definition) is 2. The second-order valence-corrected chi connectivity index (χ2v) is 10.7. The van der Waals surface area contributed by atoms with Crippen LogP contribution in [0.4, 0.5) is 5.69 Å². The Hall–Kier alpha value is -2.59. The number of hydrogen-bond donors (Lipinski definition) is 2. The van der Waals surface area contributed by atoms with Crippen molar-refractivity contribution in [1.29, 1.82) is 0 Å². The van der Waals surface area contributed by atoms with Crippen LogP contribution in [0.2, 0.25) is 0 Å². The molecule has 0 heterocycles. The van der Waals surface area contributed by atoms with Gasteiger partial charge in [0.2, 0.25) is 0 Å². The molecule has 3 nitrogen and oxygen atoms in total. The number of anilines is 1. The number of carbonyl (C=O) groups is 1. The normalized spacial score (nSPS) is 26.2. The number of aryl methyl sites for hydroxylation is 1. The summed E-state index contributed by atoms with van der Waals surface area (Å²) < 4.78 is 0.950. The molecule has 1 unspecified atom stereocenters. The zero-order chi connectivity index (χ0) is 22.9. The van der Waals surface area contributed by atoms with Crippen molar-refractivity contribution in [2.24, 2.45) is 5.92 Å². The first-order valence-corrected chi connectivity index (χ1v) is 12.7. The third-order valence-electron chi connectivity index (χ3n) is 8.04. The summed E-state index contributed by atoms with van der Waals surface area (Å²) in [7, 11) is 0. The van der Waals surface area contributed by atoms with E-state index in [0.717, 1.165) is 42.3 Å². The minimum atomic E-state index is -0.923. The molecule has 2 aliphatic rings. The number of nitrogens with one attached hydrogen (secondary N) is 1. The van der Waals surface area contributed by atoms with Gasteiger partial charge in [-0.1, -0.05) is 76.6 Å². The predicted molar refractivity (Wildman–Crippen MR) is 137 cm³/mol. The Morgan fingerprint density at radius 1 is 0.939 bits per heavy atom. The first-order chi connectivity index (χ1) is 16.0. The Labute approximate surface area is 204 Å². The number of rotatable bonds is 6. The Morgan fingerprint density at radius 2 is 1.67 bits per heavy atom. The fourth-order valence-corrected chi connectivity index (χ4v) is 6.66. The molecule has 0 aromatic heterocycles. The van der Waals surface area contributed by atoms with Crippen LogP contribution < -0.4 is 5.32 Å². The molecular weight excluding hydrogens is 474 g/mol. The van der Waals surface area contributed by atoms with Crippen molar-refractivity contribution >= 4 is 27.6 Å². The van der Waals surface area contributed by atoms with Crippen LogP contribution in [-0.4, -0.2) is 16.6 Å². The van der Waals surface area contributed by atoms with E-state index < -0.39 is 11.5 Å². The number of halogens is 1. The van der Waals surface area contributed by atoms with Crippen LogP contribution in [0.5, 0.6) is 0 Å². The quantitative estimate of drug-likeness (QED) is 0.380. The highest BCUT2D eigenvalue weighted by atomic mass is 79.9. The highest BCUT2D eigenvalue weighted by Gasteiger charge is 2.53. The average Bonchev–Trinajstić information content (AvgIpc) is 3.13. The van der Waals surface area contributed by atoms with E-state index >= 15 is 0 Å². The van der Waals surface area contributed by atoms with E-state index in [1.807, 2.05) is 24.3 Å². The van der Waals surface area contributed by atoms with Crippen molar-refractivity contribution < 1.29 is 9.90 Å². The first kappa shape index (κ1) is 22.2. The SMILES string of the molecule is O=C(O)C1(Nc2cccc(Br)c2)CCC2(CC1)c1ccccc1CC2CCc1ccccc1. The molecule has 3 aromatic carbocycles. The minimum Gasteiger partial charge on any atom is -0.480 e. The van der Waals surface area contributed by atoms with Crippen LogP contribution in [0.1, 0.15) is 48.8 Å². The molecule has 0 amide bonds. The molecule has 0 bridgehead atoms. The van der Waals surface area contributed by atoms with Gasteiger partial charge in [-0.2, -0.15) is 0 Å². The molecule has 5 rings (SSSR count). The lowest BCUT2D eigenvalue weighted by atomic mass is 9.60. The lowest BCUT2D eigenvalue weighted by Gasteiger charge is -2.47. The Morgan fingerprint density at radius 3 is 2.39 bits per heavy atom. The fraction of sp³-hybridized carbons (Fsp3) is 0.345. The maximum Gasteiger partial charge on any atom is 0.329 e. The van der Waals surface area contributed by atoms with Crippen LogP contribution >= 0.6 is 15.9 Å². The maximum atomic E-state index is 12.5. The molecule has 4 heteroatoms. The first-order valence-electron chi connectivity index (χ1n) is 11.9. The largest absolute Gasteiger partial charge is 0.480 e. The molecule has 170 valence electrons. The summed E-state index contributed by atoms with van der Waals surface area (Å²) in [5, 5.41) is 13.7. The van der Waals surface area contributed by atoms with Crippen molar-refractivity contribution in [2.75, 3.05) is 5.32 Å². The van der Waals surface area contributed by atoms with Crippen LogP contribution in [0.15, 0.2) is 83.3 Å². The van der Waals surface area contributed by atoms with E-state index in [1.54, 1.807) is 0 Å². The zero-order valence-corrected chi connectivity index (χ0v) is 20.4. The Bertz CT molecular complexity index is 1140. The van der Waals surface area contributed by atoms with Gasteiger partial charge in [-0.25, -0.2) is 4.79 Å². The van der Waals surface area contributed by atoms with Gasteiger partial charge in [0.15, 0.2) is 0 Å². The van der Waals surface area contributed by atoms with Crippen LogP contribution in [0.25, 0.3) is 0 Å². The van der Waals surface area contributed by atoms with Crippen LogP contribution in [0.3, 0.4) is 0 Å². The van der Waals surface area contributed by atoms with E-state index in [-0.39, 0.29) is 5.41 Å². The van der Waals surface area contributed by atoms with Gasteiger partial charge in [-0.05, 0) is 91.2 Å². The molecule has 3 aromatic rings. The van der Waals surface area contributed by atoms with Gasteiger partial charge in [0, 0.05) is 10.2 Å². The third-order valence-corrected chi connectivity index (χ3v) is 8.53. The van der Waals surface area contributed by atoms with Gasteiger partial charge in [0.05, 0.1) is 0 Å². The van der Waals surface area contributed by atoms with E-state index in [4.69, 9.17) is 0 Å². The third kappa shape index (κ3) is 4.21. The van der Waals surface area contributed by atoms with E-state index in [1.165, 1.54) is 16.7 Å². The van der Waals surface area contributed by atoms with E-state index in [0.29, 0.717) is 18.8 Å². The molecule has 0 aliphatic heterocycles. The molecule has 1 saturated carbocycles. The van der Waals surface area contributed by atoms with Crippen molar-refractivity contribution in [3.8, 4) is 0 Å². The molecule has 0 saturated heterocycles. The standard InChI is InChI=1S/C29H30BrNO2/c30-24-10-6-11-25(20-24)31-29(27(32)33)17-15-28(16-18-29)23(14-13-21-7-2-1-3-8-21)19-22-9-4-5-12-26(22)28/h1-12,20,23,31H,13-19H2,(H,32,33). The van der Waals surface area contributed by atoms with Gasteiger partial charge < -0.3 is 10.4 Å². The summed E-state index contributed by atoms with van der Waals surface area (Å²) >= 11 is 3.51. The molecule has 1 fully saturated rings. The molecule has 0 radical (unpaired) electrons. The number of benzene rings is 3. The van der Waals surface area contributed by atoms with Gasteiger partial charge in [0.1, 0.15) is 5.54 Å². The number of aliphatic carboxylic acids is 1. The van der Waals surface area contributed by atoms with Crippen LogP contribution in [0, 0.1) is 5.92 Å². The summed E-state index contributed by atoms with van der Waals surface area (Å²) in [6, 6.07) is 27.4. The van der Waals surface area contributed by atoms with Gasteiger partial charge in [-0.3, -0.25) is 0 Å². The van der Waals surface area contributed by atoms with E-state index in [9.17, 15) is 9.90 Å². The van der Waals surface area contributed by atoms with Crippen molar-refractivity contribution in [2.45, 2.75) is 55.9 Å². The molecule has 1 spiro atoms. The Kier molecular flexibility index (Phi) is 6.05. The topological polar surface area (TPSA) is 49.3 Å². The summed E-state index contributed by atoms with van der Waals surface area (Å²) in [5.41, 5.74) is 4.31. The Balaban J connectivity index is 1.41. The highest BCUT2D eigenvalue weighted by molar-refractivity contribution is 9.10. The summed E-state index contributed by atoms with van der Waals surface area (Å²) in [6.45, 7) is 0. The fourth-order valence-electron chi connectivity index (χ4n) is 6.26. The average molecular weight is 504 g/mol. The number of fused-ring (bicyclic) bond motifs is 2. The van der Waals surface area contributed by atoms with Gasteiger partial charge in [0.25, 0.3) is 0 Å². The molecular formula is C29H30BrNO2. The second-order valence-electron chi connectivity index (χ2n) is 9.76. The molecule has 33 heavy (non-hydrogen) atoms. The number of carboxylic acid groups (broad SMARTS) is 1. The van der Waals surface area contributed by atoms with Crippen molar-refractivity contribution in [3.05, 3.63) is 100 Å².